The zero-order chi connectivity index (χ0) is 21.0. The molecule has 1 aromatic rings. The van der Waals surface area contributed by atoms with Crippen molar-refractivity contribution in [2.45, 2.75) is 23.7 Å². The van der Waals surface area contributed by atoms with Gasteiger partial charge in [0, 0.05) is 39.3 Å². The summed E-state index contributed by atoms with van der Waals surface area (Å²) in [6.07, 6.45) is -8.53. The lowest BCUT2D eigenvalue weighted by atomic mass is 10.2. The van der Waals surface area contributed by atoms with E-state index in [0.29, 0.717) is 26.1 Å². The molecular formula is C16H20F6N2O3S. The van der Waals surface area contributed by atoms with Crippen LogP contribution in [0.2, 0.25) is 0 Å². The van der Waals surface area contributed by atoms with Crippen molar-refractivity contribution in [3.8, 4) is 0 Å². The molecule has 0 atom stereocenters. The Balaban J connectivity index is 1.81. The van der Waals surface area contributed by atoms with Crippen molar-refractivity contribution < 1.29 is 39.5 Å². The smallest absolute Gasteiger partial charge is 0.372 e. The van der Waals surface area contributed by atoms with Crippen molar-refractivity contribution >= 4 is 10.0 Å². The molecule has 0 N–H and O–H groups in total. The Morgan fingerprint density at radius 3 is 2.00 bits per heavy atom. The normalized spacial score (nSPS) is 17.8. The molecule has 0 unspecified atom stereocenters. The molecular weight excluding hydrogens is 414 g/mol. The molecule has 12 heteroatoms. The van der Waals surface area contributed by atoms with Crippen molar-refractivity contribution in [3.05, 3.63) is 29.8 Å². The Labute approximate surface area is 158 Å². The summed E-state index contributed by atoms with van der Waals surface area (Å²) in [6.45, 7) is 0.152. The van der Waals surface area contributed by atoms with Crippen molar-refractivity contribution in [2.24, 2.45) is 0 Å². The van der Waals surface area contributed by atoms with Crippen LogP contribution in [0.4, 0.5) is 26.3 Å². The van der Waals surface area contributed by atoms with Crippen LogP contribution in [-0.2, 0) is 20.9 Å². The number of alkyl halides is 6. The first-order valence-electron chi connectivity index (χ1n) is 8.44. The van der Waals surface area contributed by atoms with E-state index in [0.717, 1.165) is 24.3 Å². The van der Waals surface area contributed by atoms with Gasteiger partial charge in [-0.1, -0.05) is 0 Å². The molecule has 1 aliphatic heterocycles. The molecule has 1 fully saturated rings. The highest BCUT2D eigenvalue weighted by molar-refractivity contribution is 7.89. The number of hydrogen-bond acceptors (Lipinski definition) is 4. The molecule has 5 nitrogen and oxygen atoms in total. The Morgan fingerprint density at radius 1 is 0.929 bits per heavy atom. The average molecular weight is 434 g/mol. The van der Waals surface area contributed by atoms with Gasteiger partial charge >= 0.3 is 12.4 Å². The van der Waals surface area contributed by atoms with Gasteiger partial charge in [0.1, 0.15) is 6.61 Å². The maximum atomic E-state index is 12.6. The topological polar surface area (TPSA) is 49.9 Å². The highest BCUT2D eigenvalue weighted by atomic mass is 32.2. The minimum atomic E-state index is -4.54. The third kappa shape index (κ3) is 6.61. The number of rotatable bonds is 7. The van der Waals surface area contributed by atoms with Gasteiger partial charge in [-0.3, -0.25) is 0 Å². The van der Waals surface area contributed by atoms with Crippen LogP contribution in [0.15, 0.2) is 29.2 Å². The van der Waals surface area contributed by atoms with Crippen LogP contribution < -0.4 is 0 Å². The number of hydrogen-bond donors (Lipinski definition) is 0. The Kier molecular flexibility index (Phi) is 7.34. The minimum Gasteiger partial charge on any atom is -0.372 e. The van der Waals surface area contributed by atoms with Crippen molar-refractivity contribution in [1.82, 2.24) is 9.21 Å². The monoisotopic (exact) mass is 434 g/mol. The molecule has 1 aromatic carbocycles. The second-order valence-electron chi connectivity index (χ2n) is 6.29. The zero-order valence-electron chi connectivity index (χ0n) is 14.8. The Hall–Kier alpha value is -1.37. The van der Waals surface area contributed by atoms with Gasteiger partial charge in [0.2, 0.25) is 10.0 Å². The van der Waals surface area contributed by atoms with Gasteiger partial charge < -0.3 is 9.64 Å². The van der Waals surface area contributed by atoms with Gasteiger partial charge in [-0.05, 0) is 30.7 Å². The summed E-state index contributed by atoms with van der Waals surface area (Å²) in [5.74, 6) is 0. The molecule has 1 aliphatic rings. The summed E-state index contributed by atoms with van der Waals surface area (Å²) >= 11 is 0. The van der Waals surface area contributed by atoms with Crippen LogP contribution in [0.3, 0.4) is 0 Å². The maximum Gasteiger partial charge on any atom is 0.416 e. The van der Waals surface area contributed by atoms with Crippen LogP contribution >= 0.6 is 0 Å². The molecule has 1 heterocycles. The third-order valence-electron chi connectivity index (χ3n) is 4.18. The van der Waals surface area contributed by atoms with E-state index in [2.05, 4.69) is 4.74 Å². The predicted octanol–water partition coefficient (Wildman–Crippen LogP) is 2.98. The van der Waals surface area contributed by atoms with Gasteiger partial charge in [-0.2, -0.15) is 30.6 Å². The molecule has 160 valence electrons. The quantitative estimate of drug-likeness (QED) is 0.489. The molecule has 0 saturated carbocycles. The summed E-state index contributed by atoms with van der Waals surface area (Å²) in [5, 5.41) is 0. The molecule has 0 aliphatic carbocycles. The van der Waals surface area contributed by atoms with Crippen LogP contribution in [-0.4, -0.2) is 69.7 Å². The molecule has 0 spiro atoms. The van der Waals surface area contributed by atoms with Crippen LogP contribution in [0.5, 0.6) is 0 Å². The lowest BCUT2D eigenvalue weighted by Gasteiger charge is -2.34. The first kappa shape index (κ1) is 22.9. The van der Waals surface area contributed by atoms with Crippen LogP contribution in [0.1, 0.15) is 12.0 Å². The van der Waals surface area contributed by atoms with E-state index >= 15 is 0 Å². The lowest BCUT2D eigenvalue weighted by Crippen LogP contribution is -2.48. The summed E-state index contributed by atoms with van der Waals surface area (Å²) in [6, 6.07) is 3.32. The standard InChI is InChI=1S/C16H20F6N2O3S/c17-15(18,19)12-27-11-1-6-23-7-9-24(10-8-23)28(25,26)14-4-2-13(3-5-14)16(20,21)22/h2-5H,1,6-12H2. The van der Waals surface area contributed by atoms with Crippen LogP contribution in [0, 0.1) is 0 Å². The zero-order valence-corrected chi connectivity index (χ0v) is 15.6. The van der Waals surface area contributed by atoms with E-state index in [1.165, 1.54) is 4.31 Å². The maximum absolute atomic E-state index is 12.6. The van der Waals surface area contributed by atoms with Crippen molar-refractivity contribution in [1.29, 1.82) is 0 Å². The Morgan fingerprint density at radius 2 is 1.50 bits per heavy atom. The second-order valence-corrected chi connectivity index (χ2v) is 8.23. The predicted molar refractivity (Wildman–Crippen MR) is 88.1 cm³/mol. The second kappa shape index (κ2) is 8.97. The molecule has 0 amide bonds. The number of halogens is 6. The summed E-state index contributed by atoms with van der Waals surface area (Å²) in [4.78, 5) is 1.69. The lowest BCUT2D eigenvalue weighted by molar-refractivity contribution is -0.174. The fraction of sp³-hybridized carbons (Fsp3) is 0.625. The van der Waals surface area contributed by atoms with Crippen molar-refractivity contribution in [3.63, 3.8) is 0 Å². The molecule has 0 radical (unpaired) electrons. The summed E-state index contributed by atoms with van der Waals surface area (Å²) < 4.78 is 104. The molecule has 0 aromatic heterocycles. The van der Waals surface area contributed by atoms with E-state index < -0.39 is 34.5 Å². The average Bonchev–Trinajstić information content (AvgIpc) is 2.60. The minimum absolute atomic E-state index is 0.0520. The van der Waals surface area contributed by atoms with E-state index in [1.54, 1.807) is 0 Å². The Bertz CT molecular complexity index is 726. The SMILES string of the molecule is O=S(=O)(c1ccc(C(F)(F)F)cc1)N1CCN(CCCOCC(F)(F)F)CC1. The molecule has 2 rings (SSSR count). The number of ether oxygens (including phenoxy) is 1. The molecule has 1 saturated heterocycles. The van der Waals surface area contributed by atoms with Gasteiger partial charge in [-0.15, -0.1) is 0 Å². The van der Waals surface area contributed by atoms with Gasteiger partial charge in [0.15, 0.2) is 0 Å². The largest absolute Gasteiger partial charge is 0.416 e. The van der Waals surface area contributed by atoms with Crippen LogP contribution in [0.25, 0.3) is 0 Å². The van der Waals surface area contributed by atoms with E-state index in [-0.39, 0.29) is 24.6 Å². The van der Waals surface area contributed by atoms with Gasteiger partial charge in [-0.25, -0.2) is 8.42 Å². The van der Waals surface area contributed by atoms with Gasteiger partial charge in [0.05, 0.1) is 10.5 Å². The van der Waals surface area contributed by atoms with Gasteiger partial charge in [0.25, 0.3) is 0 Å². The number of piperazine rings is 1. The molecule has 0 bridgehead atoms. The number of benzene rings is 1. The summed E-state index contributed by atoms with van der Waals surface area (Å²) in [7, 11) is -3.90. The van der Waals surface area contributed by atoms with E-state index in [9.17, 15) is 34.8 Å². The number of sulfonamides is 1. The first-order chi connectivity index (χ1) is 12.9. The highest BCUT2D eigenvalue weighted by Crippen LogP contribution is 2.30. The van der Waals surface area contributed by atoms with E-state index in [1.807, 2.05) is 4.90 Å². The highest BCUT2D eigenvalue weighted by Gasteiger charge is 2.32. The number of nitrogens with zero attached hydrogens (tertiary/aromatic N) is 2. The van der Waals surface area contributed by atoms with Crippen molar-refractivity contribution in [2.75, 3.05) is 45.9 Å². The molecule has 28 heavy (non-hydrogen) atoms. The third-order valence-corrected chi connectivity index (χ3v) is 6.09. The fourth-order valence-electron chi connectivity index (χ4n) is 2.74. The summed E-state index contributed by atoms with van der Waals surface area (Å²) in [5.41, 5.74) is -0.927. The van der Waals surface area contributed by atoms with E-state index in [4.69, 9.17) is 0 Å². The first-order valence-corrected chi connectivity index (χ1v) is 9.88. The fourth-order valence-corrected chi connectivity index (χ4v) is 4.16.